The molecule has 1 aliphatic rings. The first-order valence-electron chi connectivity index (χ1n) is 5.54. The van der Waals surface area contributed by atoms with E-state index in [9.17, 15) is 4.79 Å². The molecule has 1 unspecified atom stereocenters. The molecule has 0 saturated carbocycles. The second-order valence-corrected chi connectivity index (χ2v) is 4.75. The molecule has 0 radical (unpaired) electrons. The van der Waals surface area contributed by atoms with Crippen LogP contribution in [0, 0.1) is 0 Å². The predicted octanol–water partition coefficient (Wildman–Crippen LogP) is 0.199. The predicted molar refractivity (Wildman–Crippen MR) is 66.8 cm³/mol. The van der Waals surface area contributed by atoms with Gasteiger partial charge in [0.15, 0.2) is 10.8 Å². The first-order valence-corrected chi connectivity index (χ1v) is 6.42. The molecule has 7 nitrogen and oxygen atoms in total. The van der Waals surface area contributed by atoms with E-state index in [-0.39, 0.29) is 17.5 Å². The van der Waals surface area contributed by atoms with Gasteiger partial charge in [0.05, 0.1) is 6.10 Å². The van der Waals surface area contributed by atoms with Gasteiger partial charge in [0.2, 0.25) is 0 Å². The van der Waals surface area contributed by atoms with Crippen molar-refractivity contribution in [2.24, 2.45) is 5.16 Å². The number of thiazole rings is 1. The lowest BCUT2D eigenvalue weighted by Crippen LogP contribution is -2.37. The summed E-state index contributed by atoms with van der Waals surface area (Å²) < 4.78 is 5.38. The fourth-order valence-electron chi connectivity index (χ4n) is 1.70. The number of carbonyl (C=O) groups excluding carboxylic acids is 1. The summed E-state index contributed by atoms with van der Waals surface area (Å²) in [5.41, 5.74) is 5.59. The van der Waals surface area contributed by atoms with E-state index in [0.717, 1.165) is 19.4 Å². The van der Waals surface area contributed by atoms with Gasteiger partial charge >= 0.3 is 0 Å². The lowest BCUT2D eigenvalue weighted by molar-refractivity contribution is -0.115. The Kier molecular flexibility index (Phi) is 4.11. The minimum atomic E-state index is -0.488. The van der Waals surface area contributed by atoms with Crippen molar-refractivity contribution in [3.8, 4) is 0 Å². The number of ether oxygens (including phenoxy) is 1. The zero-order chi connectivity index (χ0) is 13.0. The average Bonchev–Trinajstić information content (AvgIpc) is 2.99. The van der Waals surface area contributed by atoms with Crippen LogP contribution in [-0.4, -0.2) is 41.1 Å². The molecule has 1 aromatic rings. The molecule has 4 N–H and O–H groups in total. The van der Waals surface area contributed by atoms with Crippen molar-refractivity contribution in [2.45, 2.75) is 18.9 Å². The van der Waals surface area contributed by atoms with Crippen molar-refractivity contribution in [1.29, 1.82) is 0 Å². The maximum absolute atomic E-state index is 11.8. The highest BCUT2D eigenvalue weighted by Crippen LogP contribution is 2.13. The van der Waals surface area contributed by atoms with Gasteiger partial charge in [-0.3, -0.25) is 4.79 Å². The van der Waals surface area contributed by atoms with Crippen LogP contribution >= 0.6 is 11.3 Å². The Hall–Kier alpha value is -1.67. The lowest BCUT2D eigenvalue weighted by atomic mass is 10.2. The van der Waals surface area contributed by atoms with Crippen LogP contribution in [0.1, 0.15) is 18.5 Å². The van der Waals surface area contributed by atoms with E-state index in [1.165, 1.54) is 11.3 Å². The van der Waals surface area contributed by atoms with Crippen LogP contribution in [0.15, 0.2) is 10.5 Å². The Morgan fingerprint density at radius 3 is 3.17 bits per heavy atom. The number of oxime groups is 1. The van der Waals surface area contributed by atoms with Crippen molar-refractivity contribution in [1.82, 2.24) is 10.3 Å². The van der Waals surface area contributed by atoms with Gasteiger partial charge < -0.3 is 21.0 Å². The monoisotopic (exact) mass is 270 g/mol. The minimum absolute atomic E-state index is 0.0365. The van der Waals surface area contributed by atoms with Gasteiger partial charge in [0.25, 0.3) is 5.91 Å². The highest BCUT2D eigenvalue weighted by molar-refractivity contribution is 7.13. The molecule has 1 atom stereocenters. The van der Waals surface area contributed by atoms with E-state index in [1.54, 1.807) is 5.38 Å². The van der Waals surface area contributed by atoms with Crippen molar-refractivity contribution in [3.63, 3.8) is 0 Å². The molecule has 0 bridgehead atoms. The maximum Gasteiger partial charge on any atom is 0.275 e. The quantitative estimate of drug-likeness (QED) is 0.411. The number of nitrogen functional groups attached to an aromatic ring is 1. The van der Waals surface area contributed by atoms with Crippen LogP contribution in [0.25, 0.3) is 0 Å². The molecule has 0 aromatic carbocycles. The number of rotatable bonds is 4. The van der Waals surface area contributed by atoms with E-state index in [1.807, 2.05) is 0 Å². The van der Waals surface area contributed by atoms with E-state index in [0.29, 0.717) is 11.7 Å². The maximum atomic E-state index is 11.8. The molecule has 2 heterocycles. The van der Waals surface area contributed by atoms with Crippen LogP contribution in [0.2, 0.25) is 0 Å². The van der Waals surface area contributed by atoms with Gasteiger partial charge in [-0.25, -0.2) is 4.98 Å². The van der Waals surface area contributed by atoms with Crippen LogP contribution < -0.4 is 11.1 Å². The third-order valence-corrected chi connectivity index (χ3v) is 3.27. The number of hydrogen-bond acceptors (Lipinski definition) is 7. The van der Waals surface area contributed by atoms with Crippen molar-refractivity contribution >= 4 is 28.1 Å². The number of anilines is 1. The topological polar surface area (TPSA) is 110 Å². The zero-order valence-corrected chi connectivity index (χ0v) is 10.4. The van der Waals surface area contributed by atoms with Crippen LogP contribution in [0.5, 0.6) is 0 Å². The Morgan fingerprint density at radius 1 is 1.78 bits per heavy atom. The first-order chi connectivity index (χ1) is 8.70. The van der Waals surface area contributed by atoms with Crippen LogP contribution in [-0.2, 0) is 9.53 Å². The Labute approximate surface area is 108 Å². The molecule has 1 amide bonds. The third-order valence-electron chi connectivity index (χ3n) is 2.59. The molecule has 18 heavy (non-hydrogen) atoms. The summed E-state index contributed by atoms with van der Waals surface area (Å²) in [6.45, 7) is 1.13. The van der Waals surface area contributed by atoms with Gasteiger partial charge in [0.1, 0.15) is 5.69 Å². The molecule has 2 rings (SSSR count). The first kappa shape index (κ1) is 12.8. The zero-order valence-electron chi connectivity index (χ0n) is 9.63. The van der Waals surface area contributed by atoms with E-state index in [4.69, 9.17) is 15.7 Å². The van der Waals surface area contributed by atoms with Crippen LogP contribution in [0.4, 0.5) is 5.13 Å². The summed E-state index contributed by atoms with van der Waals surface area (Å²) in [5, 5.41) is 16.4. The molecule has 0 spiro atoms. The number of carbonyl (C=O) groups is 1. The Morgan fingerprint density at radius 2 is 2.61 bits per heavy atom. The number of hydrogen-bond donors (Lipinski definition) is 3. The summed E-state index contributed by atoms with van der Waals surface area (Å²) in [6.07, 6.45) is 1.97. The SMILES string of the molecule is Nc1nc(/C(=N\O)C(=O)NCC2CCCO2)cs1. The van der Waals surface area contributed by atoms with Gasteiger partial charge in [-0.05, 0) is 12.8 Å². The summed E-state index contributed by atoms with van der Waals surface area (Å²) in [5.74, 6) is -0.488. The highest BCUT2D eigenvalue weighted by Gasteiger charge is 2.21. The number of nitrogens with two attached hydrogens (primary N) is 1. The molecule has 0 aliphatic carbocycles. The van der Waals surface area contributed by atoms with E-state index in [2.05, 4.69) is 15.5 Å². The standard InChI is InChI=1S/C10H14N4O3S/c11-10-13-7(5-18-10)8(14-16)9(15)12-4-6-2-1-3-17-6/h5-6,16H,1-4H2,(H2,11,13)(H,12,15)/b14-8+. The van der Waals surface area contributed by atoms with Crippen LogP contribution in [0.3, 0.4) is 0 Å². The molecule has 1 saturated heterocycles. The van der Waals surface area contributed by atoms with E-state index >= 15 is 0 Å². The Balaban J connectivity index is 1.93. The number of aromatic nitrogens is 1. The van der Waals surface area contributed by atoms with E-state index < -0.39 is 5.91 Å². The third kappa shape index (κ3) is 2.96. The Bertz CT molecular complexity index is 454. The normalized spacial score (nSPS) is 20.0. The molecule has 8 heteroatoms. The smallest absolute Gasteiger partial charge is 0.275 e. The molecule has 1 fully saturated rings. The van der Waals surface area contributed by atoms with Gasteiger partial charge in [0, 0.05) is 18.5 Å². The summed E-state index contributed by atoms with van der Waals surface area (Å²) in [6, 6.07) is 0. The summed E-state index contributed by atoms with van der Waals surface area (Å²) in [4.78, 5) is 15.7. The molecule has 98 valence electrons. The largest absolute Gasteiger partial charge is 0.410 e. The molecule has 1 aliphatic heterocycles. The average molecular weight is 270 g/mol. The fourth-order valence-corrected chi connectivity index (χ4v) is 2.25. The fraction of sp³-hybridized carbons (Fsp3) is 0.500. The number of nitrogens with zero attached hydrogens (tertiary/aromatic N) is 2. The van der Waals surface area contributed by atoms with Crippen molar-refractivity contribution in [2.75, 3.05) is 18.9 Å². The minimum Gasteiger partial charge on any atom is -0.410 e. The van der Waals surface area contributed by atoms with Crippen molar-refractivity contribution < 1.29 is 14.7 Å². The van der Waals surface area contributed by atoms with Crippen molar-refractivity contribution in [3.05, 3.63) is 11.1 Å². The molecular formula is C10H14N4O3S. The lowest BCUT2D eigenvalue weighted by Gasteiger charge is -2.10. The van der Waals surface area contributed by atoms with Gasteiger partial charge in [-0.2, -0.15) is 0 Å². The summed E-state index contributed by atoms with van der Waals surface area (Å²) in [7, 11) is 0. The molecule has 1 aromatic heterocycles. The number of amides is 1. The second kappa shape index (κ2) is 5.78. The number of nitrogens with one attached hydrogen (secondary N) is 1. The highest BCUT2D eigenvalue weighted by atomic mass is 32.1. The molecular weight excluding hydrogens is 256 g/mol. The van der Waals surface area contributed by atoms with Gasteiger partial charge in [-0.1, -0.05) is 5.16 Å². The van der Waals surface area contributed by atoms with Gasteiger partial charge in [-0.15, -0.1) is 11.3 Å². The summed E-state index contributed by atoms with van der Waals surface area (Å²) >= 11 is 1.18. The second-order valence-electron chi connectivity index (χ2n) is 3.86.